The number of hydrogen-bond donors (Lipinski definition) is 2. The van der Waals surface area contributed by atoms with Gasteiger partial charge in [-0.05, 0) is 37.3 Å². The van der Waals surface area contributed by atoms with E-state index in [1.807, 2.05) is 6.07 Å². The van der Waals surface area contributed by atoms with E-state index in [1.54, 1.807) is 55.5 Å². The van der Waals surface area contributed by atoms with E-state index in [1.165, 1.54) is 0 Å². The van der Waals surface area contributed by atoms with Gasteiger partial charge in [0, 0.05) is 11.3 Å². The van der Waals surface area contributed by atoms with Gasteiger partial charge in [0.15, 0.2) is 0 Å². The number of nitrogens with one attached hydrogen (secondary N) is 1. The third kappa shape index (κ3) is 3.83. The minimum Gasteiger partial charge on any atom is -0.450 e. The number of rotatable bonds is 4. The molecule has 0 aliphatic carbocycles. The Balaban J connectivity index is 2.15. The number of ether oxygens (including phenoxy) is 1. The number of nitrogens with zero attached hydrogens (tertiary/aromatic N) is 1. The maximum atomic E-state index is 12.4. The molecule has 0 aromatic heterocycles. The lowest BCUT2D eigenvalue weighted by Gasteiger charge is -2.17. The van der Waals surface area contributed by atoms with E-state index in [9.17, 15) is 9.59 Å². The van der Waals surface area contributed by atoms with E-state index in [2.05, 4.69) is 5.32 Å². The summed E-state index contributed by atoms with van der Waals surface area (Å²) in [5.41, 5.74) is 1.41. The molecule has 0 aliphatic heterocycles. The first-order chi connectivity index (χ1) is 10.6. The molecule has 0 aliphatic rings. The van der Waals surface area contributed by atoms with Gasteiger partial charge in [-0.1, -0.05) is 24.3 Å². The minimum absolute atomic E-state index is 0.273. The number of benzene rings is 2. The lowest BCUT2D eigenvalue weighted by molar-refractivity contribution is 0.0986. The molecule has 2 aromatic rings. The molecule has 0 bridgehead atoms. The van der Waals surface area contributed by atoms with Crippen LogP contribution in [0.3, 0.4) is 0 Å². The van der Waals surface area contributed by atoms with Crippen molar-refractivity contribution in [3.05, 3.63) is 60.2 Å². The number of nitrogens with two attached hydrogens (primary N) is 1. The fraction of sp³-hybridized carbons (Fsp3) is 0.125. The van der Waals surface area contributed by atoms with Crippen molar-refractivity contribution in [2.75, 3.05) is 16.9 Å². The van der Waals surface area contributed by atoms with E-state index in [4.69, 9.17) is 10.6 Å². The largest absolute Gasteiger partial charge is 0.450 e. The van der Waals surface area contributed by atoms with Crippen molar-refractivity contribution in [1.82, 2.24) is 0 Å². The van der Waals surface area contributed by atoms with Crippen LogP contribution in [0.2, 0.25) is 0 Å². The predicted molar refractivity (Wildman–Crippen MR) is 84.5 cm³/mol. The second-order valence-corrected chi connectivity index (χ2v) is 4.44. The van der Waals surface area contributed by atoms with Crippen LogP contribution in [0.15, 0.2) is 54.6 Å². The number of hydrazine groups is 1. The average Bonchev–Trinajstić information content (AvgIpc) is 2.54. The molecule has 0 spiro atoms. The van der Waals surface area contributed by atoms with Crippen LogP contribution in [0, 0.1) is 0 Å². The topological polar surface area (TPSA) is 84.7 Å². The van der Waals surface area contributed by atoms with Crippen LogP contribution in [0.25, 0.3) is 0 Å². The third-order valence-corrected chi connectivity index (χ3v) is 2.88. The van der Waals surface area contributed by atoms with Crippen LogP contribution < -0.4 is 16.2 Å². The first-order valence-electron chi connectivity index (χ1n) is 6.80. The Labute approximate surface area is 128 Å². The zero-order valence-electron chi connectivity index (χ0n) is 12.2. The zero-order valence-corrected chi connectivity index (χ0v) is 12.2. The van der Waals surface area contributed by atoms with Crippen molar-refractivity contribution in [3.8, 4) is 0 Å². The Morgan fingerprint density at radius 2 is 1.86 bits per heavy atom. The number of para-hydroxylation sites is 1. The third-order valence-electron chi connectivity index (χ3n) is 2.88. The predicted octanol–water partition coefficient (Wildman–Crippen LogP) is 2.78. The summed E-state index contributed by atoms with van der Waals surface area (Å²) in [5.74, 6) is 5.47. The fourth-order valence-corrected chi connectivity index (χ4v) is 1.86. The van der Waals surface area contributed by atoms with Gasteiger partial charge in [0.1, 0.15) is 0 Å². The molecular formula is C16H17N3O3. The summed E-state index contributed by atoms with van der Waals surface area (Å²) in [6.45, 7) is 1.99. The highest BCUT2D eigenvalue weighted by molar-refractivity contribution is 6.06. The molecule has 0 saturated heterocycles. The summed E-state index contributed by atoms with van der Waals surface area (Å²) in [6, 6.07) is 15.4. The molecule has 6 nitrogen and oxygen atoms in total. The first kappa shape index (κ1) is 15.5. The van der Waals surface area contributed by atoms with Gasteiger partial charge in [0.25, 0.3) is 5.91 Å². The van der Waals surface area contributed by atoms with Crippen molar-refractivity contribution in [2.45, 2.75) is 6.92 Å². The second kappa shape index (κ2) is 7.24. The van der Waals surface area contributed by atoms with E-state index >= 15 is 0 Å². The van der Waals surface area contributed by atoms with E-state index in [0.717, 1.165) is 5.01 Å². The van der Waals surface area contributed by atoms with Crippen molar-refractivity contribution >= 4 is 23.4 Å². The lowest BCUT2D eigenvalue weighted by atomic mass is 10.1. The van der Waals surface area contributed by atoms with Crippen LogP contribution in [-0.2, 0) is 4.74 Å². The molecule has 0 atom stereocenters. The van der Waals surface area contributed by atoms with Crippen molar-refractivity contribution in [3.63, 3.8) is 0 Å². The summed E-state index contributed by atoms with van der Waals surface area (Å²) in [7, 11) is 0. The molecule has 2 rings (SSSR count). The molecule has 2 aromatic carbocycles. The van der Waals surface area contributed by atoms with Gasteiger partial charge in [-0.2, -0.15) is 0 Å². The van der Waals surface area contributed by atoms with Gasteiger partial charge in [-0.25, -0.2) is 15.6 Å². The standard InChI is InChI=1S/C16H17N3O3/c1-2-22-16(21)18-13-8-6-7-12(11-13)15(20)19(17)14-9-4-3-5-10-14/h3-11H,2,17H2,1H3,(H,18,21). The Bertz CT molecular complexity index is 659. The number of carbonyl (C=O) groups is 2. The Kier molecular flexibility index (Phi) is 5.11. The number of carbonyl (C=O) groups excluding carboxylic acids is 2. The maximum absolute atomic E-state index is 12.4. The normalized spacial score (nSPS) is 9.91. The molecule has 2 amide bonds. The van der Waals surface area contributed by atoms with Gasteiger partial charge in [0.05, 0.1) is 12.3 Å². The molecular weight excluding hydrogens is 282 g/mol. The number of hydrogen-bond acceptors (Lipinski definition) is 4. The SMILES string of the molecule is CCOC(=O)Nc1cccc(C(=O)N(N)c2ccccc2)c1. The maximum Gasteiger partial charge on any atom is 0.411 e. The Morgan fingerprint density at radius 1 is 1.14 bits per heavy atom. The zero-order chi connectivity index (χ0) is 15.9. The number of amides is 2. The van der Waals surface area contributed by atoms with Crippen LogP contribution in [0.5, 0.6) is 0 Å². The molecule has 114 valence electrons. The molecule has 0 saturated carbocycles. The quantitative estimate of drug-likeness (QED) is 0.516. The Morgan fingerprint density at radius 3 is 2.55 bits per heavy atom. The molecule has 0 radical (unpaired) electrons. The highest BCUT2D eigenvalue weighted by Gasteiger charge is 2.14. The van der Waals surface area contributed by atoms with Crippen molar-refractivity contribution in [1.29, 1.82) is 0 Å². The molecule has 22 heavy (non-hydrogen) atoms. The average molecular weight is 299 g/mol. The molecule has 0 unspecified atom stereocenters. The van der Waals surface area contributed by atoms with Crippen LogP contribution in [0.1, 0.15) is 17.3 Å². The van der Waals surface area contributed by atoms with E-state index < -0.39 is 6.09 Å². The highest BCUT2D eigenvalue weighted by atomic mass is 16.5. The van der Waals surface area contributed by atoms with Crippen molar-refractivity contribution in [2.24, 2.45) is 5.84 Å². The molecule has 0 fully saturated rings. The lowest BCUT2D eigenvalue weighted by Crippen LogP contribution is -2.37. The van der Waals surface area contributed by atoms with Gasteiger partial charge < -0.3 is 4.74 Å². The summed E-state index contributed by atoms with van der Waals surface area (Å²) in [5, 5.41) is 3.60. The Hall–Kier alpha value is -2.86. The van der Waals surface area contributed by atoms with E-state index in [-0.39, 0.29) is 12.5 Å². The molecule has 0 heterocycles. The van der Waals surface area contributed by atoms with Gasteiger partial charge in [-0.15, -0.1) is 0 Å². The molecule has 3 N–H and O–H groups in total. The van der Waals surface area contributed by atoms with Gasteiger partial charge >= 0.3 is 6.09 Å². The van der Waals surface area contributed by atoms with Crippen LogP contribution >= 0.6 is 0 Å². The number of anilines is 2. The first-order valence-corrected chi connectivity index (χ1v) is 6.80. The highest BCUT2D eigenvalue weighted by Crippen LogP contribution is 2.16. The van der Waals surface area contributed by atoms with Crippen molar-refractivity contribution < 1.29 is 14.3 Å². The smallest absolute Gasteiger partial charge is 0.411 e. The van der Waals surface area contributed by atoms with E-state index in [0.29, 0.717) is 16.9 Å². The summed E-state index contributed by atoms with van der Waals surface area (Å²) in [4.78, 5) is 23.8. The summed E-state index contributed by atoms with van der Waals surface area (Å²) >= 11 is 0. The second-order valence-electron chi connectivity index (χ2n) is 4.44. The van der Waals surface area contributed by atoms with Crippen LogP contribution in [-0.4, -0.2) is 18.6 Å². The summed E-state index contributed by atoms with van der Waals surface area (Å²) in [6.07, 6.45) is -0.570. The van der Waals surface area contributed by atoms with Crippen LogP contribution in [0.4, 0.5) is 16.2 Å². The molecule has 6 heteroatoms. The van der Waals surface area contributed by atoms with Gasteiger partial charge in [0.2, 0.25) is 0 Å². The summed E-state index contributed by atoms with van der Waals surface area (Å²) < 4.78 is 4.79. The monoisotopic (exact) mass is 299 g/mol. The fourth-order valence-electron chi connectivity index (χ4n) is 1.86. The minimum atomic E-state index is -0.570. The van der Waals surface area contributed by atoms with Gasteiger partial charge in [-0.3, -0.25) is 10.1 Å².